The Kier molecular flexibility index (Phi) is 7.19. The van der Waals surface area contributed by atoms with Gasteiger partial charge in [-0.1, -0.05) is 66.7 Å². The maximum absolute atomic E-state index is 11.4. The van der Waals surface area contributed by atoms with E-state index in [1.807, 2.05) is 13.0 Å². The molecule has 27 heavy (non-hydrogen) atoms. The molecule has 1 heterocycles. The summed E-state index contributed by atoms with van der Waals surface area (Å²) in [6, 6.07) is 21.7. The molecule has 1 aliphatic heterocycles. The molecule has 0 saturated carbocycles. The Hall–Kier alpha value is -2.43. The Labute approximate surface area is 162 Å². The van der Waals surface area contributed by atoms with Gasteiger partial charge in [-0.05, 0) is 18.1 Å². The third-order valence-electron chi connectivity index (χ3n) is 4.91. The van der Waals surface area contributed by atoms with Crippen LogP contribution in [0.5, 0.6) is 0 Å². The summed E-state index contributed by atoms with van der Waals surface area (Å²) in [6.07, 6.45) is 3.44. The molecule has 1 saturated heterocycles. The van der Waals surface area contributed by atoms with E-state index in [0.29, 0.717) is 6.61 Å². The molecule has 0 bridgehead atoms. The van der Waals surface area contributed by atoms with Crippen molar-refractivity contribution in [2.24, 2.45) is 0 Å². The Morgan fingerprint density at radius 2 is 1.52 bits per heavy atom. The molecule has 1 aliphatic rings. The Morgan fingerprint density at radius 1 is 0.963 bits per heavy atom. The Balaban J connectivity index is 1.63. The molecule has 142 valence electrons. The van der Waals surface area contributed by atoms with Gasteiger partial charge in [0.2, 0.25) is 0 Å². The largest absolute Gasteiger partial charge is 0.463 e. The van der Waals surface area contributed by atoms with Gasteiger partial charge in [0.15, 0.2) is 0 Å². The minimum Gasteiger partial charge on any atom is -0.463 e. The third-order valence-corrected chi connectivity index (χ3v) is 4.91. The Bertz CT molecular complexity index is 683. The van der Waals surface area contributed by atoms with E-state index in [0.717, 1.165) is 32.7 Å². The topological polar surface area (TPSA) is 32.8 Å². The molecule has 0 atom stereocenters. The molecule has 1 fully saturated rings. The first kappa shape index (κ1) is 19.3. The van der Waals surface area contributed by atoms with Crippen LogP contribution in [0.15, 0.2) is 72.8 Å². The second kappa shape index (κ2) is 10.0. The molecular weight excluding hydrogens is 336 g/mol. The number of esters is 1. The maximum atomic E-state index is 11.4. The average Bonchev–Trinajstić information content (AvgIpc) is 2.71. The van der Waals surface area contributed by atoms with Crippen molar-refractivity contribution in [2.75, 3.05) is 39.3 Å². The van der Waals surface area contributed by atoms with Crippen molar-refractivity contribution in [2.45, 2.75) is 13.0 Å². The van der Waals surface area contributed by atoms with Gasteiger partial charge < -0.3 is 4.74 Å². The number of ether oxygens (including phenoxy) is 1. The summed E-state index contributed by atoms with van der Waals surface area (Å²) in [7, 11) is 0. The van der Waals surface area contributed by atoms with E-state index in [2.05, 4.69) is 70.5 Å². The summed E-state index contributed by atoms with van der Waals surface area (Å²) >= 11 is 0. The van der Waals surface area contributed by atoms with Gasteiger partial charge >= 0.3 is 5.97 Å². The van der Waals surface area contributed by atoms with Gasteiger partial charge in [0.05, 0.1) is 12.6 Å². The molecule has 4 nitrogen and oxygen atoms in total. The van der Waals surface area contributed by atoms with Crippen molar-refractivity contribution in [3.05, 3.63) is 83.9 Å². The molecule has 0 N–H and O–H groups in total. The fourth-order valence-electron chi connectivity index (χ4n) is 3.58. The van der Waals surface area contributed by atoms with E-state index < -0.39 is 0 Å². The molecule has 0 aromatic heterocycles. The van der Waals surface area contributed by atoms with Crippen LogP contribution in [0, 0.1) is 0 Å². The van der Waals surface area contributed by atoms with E-state index in [1.165, 1.54) is 17.2 Å². The Morgan fingerprint density at radius 3 is 2.04 bits per heavy atom. The van der Waals surface area contributed by atoms with Crippen LogP contribution in [0.2, 0.25) is 0 Å². The van der Waals surface area contributed by atoms with Crippen LogP contribution in [0.4, 0.5) is 0 Å². The van der Waals surface area contributed by atoms with Crippen LogP contribution in [0.1, 0.15) is 24.1 Å². The van der Waals surface area contributed by atoms with Gasteiger partial charge in [-0.2, -0.15) is 0 Å². The van der Waals surface area contributed by atoms with E-state index in [-0.39, 0.29) is 12.0 Å². The number of carbonyl (C=O) groups is 1. The highest BCUT2D eigenvalue weighted by Gasteiger charge is 2.25. The van der Waals surface area contributed by atoms with Gasteiger partial charge in [0.25, 0.3) is 0 Å². The predicted octanol–water partition coefficient (Wildman–Crippen LogP) is 3.51. The predicted molar refractivity (Wildman–Crippen MR) is 109 cm³/mol. The molecular formula is C23H28N2O2. The fourth-order valence-corrected chi connectivity index (χ4v) is 3.58. The number of carbonyl (C=O) groups excluding carboxylic acids is 1. The minimum absolute atomic E-state index is 0.260. The number of hydrogen-bond donors (Lipinski definition) is 0. The van der Waals surface area contributed by atoms with Crippen molar-refractivity contribution in [3.8, 4) is 0 Å². The van der Waals surface area contributed by atoms with Gasteiger partial charge in [0, 0.05) is 38.8 Å². The van der Waals surface area contributed by atoms with Crippen LogP contribution in [0.25, 0.3) is 0 Å². The smallest absolute Gasteiger partial charge is 0.330 e. The second-order valence-electron chi connectivity index (χ2n) is 6.71. The van der Waals surface area contributed by atoms with E-state index >= 15 is 0 Å². The van der Waals surface area contributed by atoms with Crippen molar-refractivity contribution in [1.82, 2.24) is 9.80 Å². The molecule has 0 radical (unpaired) electrons. The zero-order valence-electron chi connectivity index (χ0n) is 16.0. The average molecular weight is 364 g/mol. The first-order chi connectivity index (χ1) is 13.3. The van der Waals surface area contributed by atoms with Crippen molar-refractivity contribution in [3.63, 3.8) is 0 Å². The van der Waals surface area contributed by atoms with Gasteiger partial charge in [-0.3, -0.25) is 9.80 Å². The van der Waals surface area contributed by atoms with E-state index in [9.17, 15) is 4.79 Å². The van der Waals surface area contributed by atoms with Crippen LogP contribution in [0.3, 0.4) is 0 Å². The van der Waals surface area contributed by atoms with Crippen LogP contribution < -0.4 is 0 Å². The van der Waals surface area contributed by atoms with Crippen LogP contribution in [-0.2, 0) is 9.53 Å². The number of rotatable bonds is 7. The molecule has 4 heteroatoms. The lowest BCUT2D eigenvalue weighted by molar-refractivity contribution is -0.137. The molecule has 0 amide bonds. The lowest BCUT2D eigenvalue weighted by Gasteiger charge is -2.39. The van der Waals surface area contributed by atoms with Crippen molar-refractivity contribution >= 4 is 5.97 Å². The summed E-state index contributed by atoms with van der Waals surface area (Å²) in [5.74, 6) is -0.260. The standard InChI is InChI=1S/C23H28N2O2/c1-2-27-22(26)14-9-15-24-16-18-25(19-17-24)23(20-10-5-3-6-11-20)21-12-7-4-8-13-21/h3-14,23H,2,15-19H2,1H3. The first-order valence-electron chi connectivity index (χ1n) is 9.67. The quantitative estimate of drug-likeness (QED) is 0.556. The van der Waals surface area contributed by atoms with Crippen LogP contribution >= 0.6 is 0 Å². The lowest BCUT2D eigenvalue weighted by atomic mass is 9.96. The molecule has 0 unspecified atom stereocenters. The lowest BCUT2D eigenvalue weighted by Crippen LogP contribution is -2.47. The summed E-state index contributed by atoms with van der Waals surface area (Å²) in [5.41, 5.74) is 2.67. The van der Waals surface area contributed by atoms with Gasteiger partial charge in [0.1, 0.15) is 0 Å². The van der Waals surface area contributed by atoms with Gasteiger partial charge in [-0.15, -0.1) is 0 Å². The minimum atomic E-state index is -0.260. The number of benzene rings is 2. The maximum Gasteiger partial charge on any atom is 0.330 e. The van der Waals surface area contributed by atoms with E-state index in [1.54, 1.807) is 0 Å². The fraction of sp³-hybridized carbons (Fsp3) is 0.348. The van der Waals surface area contributed by atoms with Crippen molar-refractivity contribution < 1.29 is 9.53 Å². The highest BCUT2D eigenvalue weighted by atomic mass is 16.5. The van der Waals surface area contributed by atoms with E-state index in [4.69, 9.17) is 4.74 Å². The molecule has 0 aliphatic carbocycles. The highest BCUT2D eigenvalue weighted by Crippen LogP contribution is 2.29. The summed E-state index contributed by atoms with van der Waals surface area (Å²) < 4.78 is 4.93. The molecule has 3 rings (SSSR count). The highest BCUT2D eigenvalue weighted by molar-refractivity contribution is 5.81. The van der Waals surface area contributed by atoms with Crippen LogP contribution in [-0.4, -0.2) is 55.1 Å². The second-order valence-corrected chi connectivity index (χ2v) is 6.71. The summed E-state index contributed by atoms with van der Waals surface area (Å²) in [6.45, 7) is 7.01. The molecule has 2 aromatic carbocycles. The van der Waals surface area contributed by atoms with Gasteiger partial charge in [-0.25, -0.2) is 4.79 Å². The monoisotopic (exact) mass is 364 g/mol. The molecule has 0 spiro atoms. The number of hydrogen-bond acceptors (Lipinski definition) is 4. The zero-order chi connectivity index (χ0) is 18.9. The third kappa shape index (κ3) is 5.52. The van der Waals surface area contributed by atoms with Crippen molar-refractivity contribution in [1.29, 1.82) is 0 Å². The molecule has 2 aromatic rings. The first-order valence-corrected chi connectivity index (χ1v) is 9.67. The zero-order valence-corrected chi connectivity index (χ0v) is 16.0. The number of nitrogens with zero attached hydrogens (tertiary/aromatic N) is 2. The summed E-state index contributed by atoms with van der Waals surface area (Å²) in [5, 5.41) is 0. The SMILES string of the molecule is CCOC(=O)C=CCN1CCN(C(c2ccccc2)c2ccccc2)CC1. The normalized spacial score (nSPS) is 16.1. The summed E-state index contributed by atoms with van der Waals surface area (Å²) in [4.78, 5) is 16.3. The number of piperazine rings is 1.